The summed E-state index contributed by atoms with van der Waals surface area (Å²) in [4.78, 5) is 12.1. The first kappa shape index (κ1) is 13.3. The summed E-state index contributed by atoms with van der Waals surface area (Å²) < 4.78 is 0. The molecule has 1 aromatic rings. The Kier molecular flexibility index (Phi) is 3.72. The fourth-order valence-corrected chi connectivity index (χ4v) is 4.11. The number of hydrogen-bond donors (Lipinski definition) is 1. The van der Waals surface area contributed by atoms with E-state index in [9.17, 15) is 4.79 Å². The fraction of sp³-hybridized carbons (Fsp3) is 0.533. The Labute approximate surface area is 123 Å². The maximum atomic E-state index is 12.1. The van der Waals surface area contributed by atoms with Crippen LogP contribution in [0.2, 0.25) is 10.0 Å². The number of halogens is 2. The Hall–Kier alpha value is -0.730. The van der Waals surface area contributed by atoms with Gasteiger partial charge in [-0.1, -0.05) is 29.6 Å². The monoisotopic (exact) mass is 297 g/mol. The smallest absolute Gasteiger partial charge is 0.224 e. The minimum atomic E-state index is 0.0711. The Morgan fingerprint density at radius 3 is 2.74 bits per heavy atom. The minimum Gasteiger partial charge on any atom is -0.325 e. The summed E-state index contributed by atoms with van der Waals surface area (Å²) in [5, 5.41) is 3.97. The molecule has 2 nitrogen and oxygen atoms in total. The Bertz CT molecular complexity index is 503. The number of amides is 1. The van der Waals surface area contributed by atoms with Gasteiger partial charge in [0.15, 0.2) is 0 Å². The van der Waals surface area contributed by atoms with Crippen molar-refractivity contribution in [2.45, 2.75) is 32.1 Å². The predicted octanol–water partition coefficient (Wildman–Crippen LogP) is 4.76. The summed E-state index contributed by atoms with van der Waals surface area (Å²) in [5.41, 5.74) is 0.652. The SMILES string of the molecule is O=C(C[C@@H]1C[C@H]2CC[C@H]1C2)Nc1ccc(Cl)cc1Cl. The van der Waals surface area contributed by atoms with Gasteiger partial charge in [0.2, 0.25) is 5.91 Å². The van der Waals surface area contributed by atoms with E-state index in [4.69, 9.17) is 23.2 Å². The van der Waals surface area contributed by atoms with Crippen LogP contribution in [0.5, 0.6) is 0 Å². The quantitative estimate of drug-likeness (QED) is 0.856. The molecule has 0 heterocycles. The summed E-state index contributed by atoms with van der Waals surface area (Å²) in [5.74, 6) is 2.30. The van der Waals surface area contributed by atoms with Crippen LogP contribution >= 0.6 is 23.2 Å². The van der Waals surface area contributed by atoms with Crippen LogP contribution < -0.4 is 5.32 Å². The molecule has 1 aromatic carbocycles. The summed E-state index contributed by atoms with van der Waals surface area (Å²) >= 11 is 11.9. The predicted molar refractivity (Wildman–Crippen MR) is 78.6 cm³/mol. The Morgan fingerprint density at radius 1 is 1.26 bits per heavy atom. The van der Waals surface area contributed by atoms with Crippen LogP contribution in [0.4, 0.5) is 5.69 Å². The Morgan fingerprint density at radius 2 is 2.11 bits per heavy atom. The highest BCUT2D eigenvalue weighted by atomic mass is 35.5. The summed E-state index contributed by atoms with van der Waals surface area (Å²) in [6, 6.07) is 5.14. The maximum absolute atomic E-state index is 12.1. The van der Waals surface area contributed by atoms with E-state index in [1.54, 1.807) is 18.2 Å². The largest absolute Gasteiger partial charge is 0.325 e. The first-order valence-corrected chi connectivity index (χ1v) is 7.62. The molecule has 0 aliphatic heterocycles. The average Bonchev–Trinajstić information content (AvgIpc) is 2.95. The van der Waals surface area contributed by atoms with E-state index in [1.807, 2.05) is 0 Å². The van der Waals surface area contributed by atoms with Crippen molar-refractivity contribution in [3.8, 4) is 0 Å². The minimum absolute atomic E-state index is 0.0711. The van der Waals surface area contributed by atoms with E-state index in [-0.39, 0.29) is 5.91 Å². The highest BCUT2D eigenvalue weighted by Crippen LogP contribution is 2.49. The second kappa shape index (κ2) is 5.34. The highest BCUT2D eigenvalue weighted by molar-refractivity contribution is 6.36. The maximum Gasteiger partial charge on any atom is 0.224 e. The summed E-state index contributed by atoms with van der Waals surface area (Å²) in [7, 11) is 0. The third kappa shape index (κ3) is 2.90. The standard InChI is InChI=1S/C15H17Cl2NO/c16-12-3-4-14(13(17)8-12)18-15(19)7-11-6-9-1-2-10(11)5-9/h3-4,8-11H,1-2,5-7H2,(H,18,19)/t9-,10-,11-/m0/s1. The van der Waals surface area contributed by atoms with Gasteiger partial charge in [-0.25, -0.2) is 0 Å². The molecule has 2 bridgehead atoms. The lowest BCUT2D eigenvalue weighted by atomic mass is 9.86. The van der Waals surface area contributed by atoms with E-state index in [2.05, 4.69) is 5.32 Å². The number of carbonyl (C=O) groups excluding carboxylic acids is 1. The molecule has 102 valence electrons. The van der Waals surface area contributed by atoms with E-state index < -0.39 is 0 Å². The lowest BCUT2D eigenvalue weighted by molar-refractivity contribution is -0.117. The zero-order chi connectivity index (χ0) is 13.4. The number of anilines is 1. The molecule has 0 saturated heterocycles. The second-order valence-electron chi connectivity index (χ2n) is 5.81. The van der Waals surface area contributed by atoms with Crippen LogP contribution in [0, 0.1) is 17.8 Å². The van der Waals surface area contributed by atoms with Crippen LogP contribution in [-0.2, 0) is 4.79 Å². The van der Waals surface area contributed by atoms with Crippen molar-refractivity contribution in [2.24, 2.45) is 17.8 Å². The molecule has 2 aliphatic carbocycles. The van der Waals surface area contributed by atoms with Crippen molar-refractivity contribution in [3.05, 3.63) is 28.2 Å². The third-order valence-corrected chi connectivity index (χ3v) is 5.09. The van der Waals surface area contributed by atoms with E-state index in [0.29, 0.717) is 28.1 Å². The van der Waals surface area contributed by atoms with Crippen LogP contribution in [0.15, 0.2) is 18.2 Å². The normalized spacial score (nSPS) is 28.6. The van der Waals surface area contributed by atoms with E-state index in [1.165, 1.54) is 25.7 Å². The van der Waals surface area contributed by atoms with Gasteiger partial charge in [-0.2, -0.15) is 0 Å². The number of benzene rings is 1. The van der Waals surface area contributed by atoms with Crippen LogP contribution in [-0.4, -0.2) is 5.91 Å². The number of nitrogens with one attached hydrogen (secondary N) is 1. The number of rotatable bonds is 3. The van der Waals surface area contributed by atoms with Gasteiger partial charge in [0.1, 0.15) is 0 Å². The molecule has 3 rings (SSSR count). The van der Waals surface area contributed by atoms with Crippen molar-refractivity contribution in [2.75, 3.05) is 5.32 Å². The molecular weight excluding hydrogens is 281 g/mol. The second-order valence-corrected chi connectivity index (χ2v) is 6.66. The van der Waals surface area contributed by atoms with Crippen LogP contribution in [0.1, 0.15) is 32.1 Å². The van der Waals surface area contributed by atoms with Gasteiger partial charge in [-0.15, -0.1) is 0 Å². The molecule has 2 aliphatic rings. The number of hydrogen-bond acceptors (Lipinski definition) is 1. The van der Waals surface area contributed by atoms with Crippen LogP contribution in [0.25, 0.3) is 0 Å². The first-order valence-electron chi connectivity index (χ1n) is 6.86. The van der Waals surface area contributed by atoms with Crippen molar-refractivity contribution >= 4 is 34.8 Å². The van der Waals surface area contributed by atoms with E-state index >= 15 is 0 Å². The van der Waals surface area contributed by atoms with Crippen molar-refractivity contribution in [1.82, 2.24) is 0 Å². The van der Waals surface area contributed by atoms with Crippen molar-refractivity contribution in [3.63, 3.8) is 0 Å². The van der Waals surface area contributed by atoms with Gasteiger partial charge < -0.3 is 5.32 Å². The van der Waals surface area contributed by atoms with Gasteiger partial charge >= 0.3 is 0 Å². The zero-order valence-corrected chi connectivity index (χ0v) is 12.2. The van der Waals surface area contributed by atoms with Gasteiger partial charge in [0, 0.05) is 11.4 Å². The molecule has 1 amide bonds. The molecule has 0 radical (unpaired) electrons. The average molecular weight is 298 g/mol. The third-order valence-electron chi connectivity index (χ3n) is 4.54. The lowest BCUT2D eigenvalue weighted by Gasteiger charge is -2.21. The summed E-state index contributed by atoms with van der Waals surface area (Å²) in [6.45, 7) is 0. The molecule has 0 aromatic heterocycles. The molecule has 1 N–H and O–H groups in total. The molecule has 0 unspecified atom stereocenters. The van der Waals surface area contributed by atoms with Crippen molar-refractivity contribution < 1.29 is 4.79 Å². The lowest BCUT2D eigenvalue weighted by Crippen LogP contribution is -2.20. The first-order chi connectivity index (χ1) is 9.11. The molecule has 2 fully saturated rings. The fourth-order valence-electron chi connectivity index (χ4n) is 3.66. The van der Waals surface area contributed by atoms with Gasteiger partial charge in [0.25, 0.3) is 0 Å². The molecule has 4 heteroatoms. The molecule has 2 saturated carbocycles. The Balaban J connectivity index is 1.59. The topological polar surface area (TPSA) is 29.1 Å². The van der Waals surface area contributed by atoms with Gasteiger partial charge in [-0.05, 0) is 55.2 Å². The molecular formula is C15H17Cl2NO. The summed E-state index contributed by atoms with van der Waals surface area (Å²) in [6.07, 6.45) is 5.86. The van der Waals surface area contributed by atoms with Gasteiger partial charge in [0.05, 0.1) is 10.7 Å². The van der Waals surface area contributed by atoms with E-state index in [0.717, 1.165) is 11.8 Å². The highest BCUT2D eigenvalue weighted by Gasteiger charge is 2.40. The number of fused-ring (bicyclic) bond motifs is 2. The number of carbonyl (C=O) groups is 1. The molecule has 3 atom stereocenters. The van der Waals surface area contributed by atoms with Crippen LogP contribution in [0.3, 0.4) is 0 Å². The van der Waals surface area contributed by atoms with Crippen molar-refractivity contribution in [1.29, 1.82) is 0 Å². The molecule has 0 spiro atoms. The van der Waals surface area contributed by atoms with Gasteiger partial charge in [-0.3, -0.25) is 4.79 Å². The molecule has 19 heavy (non-hydrogen) atoms. The zero-order valence-electron chi connectivity index (χ0n) is 10.7.